The second-order valence-electron chi connectivity index (χ2n) is 9.69. The highest BCUT2D eigenvalue weighted by atomic mass is 16.5. The molecule has 2 aromatic carbocycles. The fourth-order valence-electron chi connectivity index (χ4n) is 4.61. The van der Waals surface area contributed by atoms with Crippen LogP contribution in [0.2, 0.25) is 0 Å². The highest BCUT2D eigenvalue weighted by Gasteiger charge is 2.19. The molecule has 1 saturated heterocycles. The Kier molecular flexibility index (Phi) is 7.74. The van der Waals surface area contributed by atoms with Gasteiger partial charge in [-0.2, -0.15) is 4.98 Å². The van der Waals surface area contributed by atoms with Crippen LogP contribution >= 0.6 is 0 Å². The number of methoxy groups -OCH3 is 1. The van der Waals surface area contributed by atoms with Crippen molar-refractivity contribution in [2.24, 2.45) is 0 Å². The van der Waals surface area contributed by atoms with Crippen molar-refractivity contribution in [3.05, 3.63) is 77.4 Å². The van der Waals surface area contributed by atoms with E-state index in [0.717, 1.165) is 31.9 Å². The molecule has 11 nitrogen and oxygen atoms in total. The molecule has 0 atom stereocenters. The molecule has 0 unspecified atom stereocenters. The van der Waals surface area contributed by atoms with Crippen LogP contribution in [-0.4, -0.2) is 58.7 Å². The van der Waals surface area contributed by atoms with Crippen LogP contribution in [0.1, 0.15) is 25.5 Å². The van der Waals surface area contributed by atoms with E-state index in [1.165, 1.54) is 10.6 Å². The smallest absolute Gasteiger partial charge is 0.278 e. The van der Waals surface area contributed by atoms with Crippen LogP contribution in [-0.2, 0) is 4.79 Å². The van der Waals surface area contributed by atoms with E-state index in [1.54, 1.807) is 37.6 Å². The van der Waals surface area contributed by atoms with Crippen LogP contribution in [0.4, 0.5) is 23.0 Å². The third-order valence-corrected chi connectivity index (χ3v) is 6.64. The Balaban J connectivity index is 1.57. The topological polar surface area (TPSA) is 126 Å². The lowest BCUT2D eigenvalue weighted by Gasteiger charge is -2.30. The highest BCUT2D eigenvalue weighted by Crippen LogP contribution is 2.32. The summed E-state index contributed by atoms with van der Waals surface area (Å²) in [5.41, 5.74) is 3.71. The van der Waals surface area contributed by atoms with Crippen molar-refractivity contribution in [2.75, 3.05) is 48.8 Å². The van der Waals surface area contributed by atoms with Gasteiger partial charge in [0, 0.05) is 49.5 Å². The van der Waals surface area contributed by atoms with Crippen molar-refractivity contribution in [1.29, 1.82) is 0 Å². The predicted octanol–water partition coefficient (Wildman–Crippen LogP) is 3.59. The molecule has 3 N–H and O–H groups in total. The van der Waals surface area contributed by atoms with E-state index in [2.05, 4.69) is 37.4 Å². The molecule has 1 amide bonds. The van der Waals surface area contributed by atoms with E-state index in [9.17, 15) is 9.59 Å². The Morgan fingerprint density at radius 2 is 1.93 bits per heavy atom. The Hall–Kier alpha value is -4.77. The maximum absolute atomic E-state index is 13.7. The van der Waals surface area contributed by atoms with Gasteiger partial charge in [0.2, 0.25) is 11.9 Å². The number of nitrogens with one attached hydrogen (secondary N) is 3. The second-order valence-corrected chi connectivity index (χ2v) is 9.69. The molecule has 3 heterocycles. The first kappa shape index (κ1) is 26.8. The van der Waals surface area contributed by atoms with E-state index in [4.69, 9.17) is 9.72 Å². The van der Waals surface area contributed by atoms with Gasteiger partial charge in [0.1, 0.15) is 17.0 Å². The summed E-state index contributed by atoms with van der Waals surface area (Å²) in [6.45, 7) is 11.0. The summed E-state index contributed by atoms with van der Waals surface area (Å²) >= 11 is 0. The summed E-state index contributed by atoms with van der Waals surface area (Å²) in [4.78, 5) is 41.6. The van der Waals surface area contributed by atoms with Gasteiger partial charge >= 0.3 is 0 Å². The molecule has 4 aromatic rings. The van der Waals surface area contributed by atoms with Crippen LogP contribution < -0.4 is 31.1 Å². The van der Waals surface area contributed by atoms with Crippen molar-refractivity contribution < 1.29 is 9.53 Å². The summed E-state index contributed by atoms with van der Waals surface area (Å²) in [5, 5.41) is 9.34. The first-order chi connectivity index (χ1) is 19.4. The fourth-order valence-corrected chi connectivity index (χ4v) is 4.61. The number of rotatable bonds is 8. The first-order valence-electron chi connectivity index (χ1n) is 13.1. The lowest BCUT2D eigenvalue weighted by molar-refractivity contribution is -0.111. The van der Waals surface area contributed by atoms with Gasteiger partial charge in [0.15, 0.2) is 5.65 Å². The van der Waals surface area contributed by atoms with Gasteiger partial charge in [-0.05, 0) is 36.4 Å². The molecule has 1 aliphatic heterocycles. The van der Waals surface area contributed by atoms with E-state index < -0.39 is 0 Å². The van der Waals surface area contributed by atoms with Gasteiger partial charge in [-0.25, -0.2) is 9.97 Å². The summed E-state index contributed by atoms with van der Waals surface area (Å²) in [6.07, 6.45) is 2.78. The zero-order valence-corrected chi connectivity index (χ0v) is 22.8. The number of hydrogen-bond acceptors (Lipinski definition) is 9. The number of nitrogens with zero attached hydrogens (tertiary/aromatic N) is 5. The third kappa shape index (κ3) is 5.50. The molecule has 206 valence electrons. The number of fused-ring (bicyclic) bond motifs is 1. The average molecular weight is 541 g/mol. The maximum Gasteiger partial charge on any atom is 0.278 e. The van der Waals surface area contributed by atoms with Gasteiger partial charge in [-0.1, -0.05) is 26.5 Å². The summed E-state index contributed by atoms with van der Waals surface area (Å²) in [7, 11) is 1.62. The SMILES string of the molecule is C=CC(=O)Nc1cccc(-n2c(=O)c(C(C)C)nc3cnc(Nc4ccc(N5CCNCC5)cc4OC)nc32)c1. The Labute approximate surface area is 231 Å². The molecular weight excluding hydrogens is 508 g/mol. The molecule has 1 fully saturated rings. The molecule has 0 aliphatic carbocycles. The number of ether oxygens (including phenoxy) is 1. The highest BCUT2D eigenvalue weighted by molar-refractivity contribution is 5.99. The number of benzene rings is 2. The molecule has 2 aromatic heterocycles. The second kappa shape index (κ2) is 11.5. The predicted molar refractivity (Wildman–Crippen MR) is 157 cm³/mol. The molecule has 0 radical (unpaired) electrons. The van der Waals surface area contributed by atoms with E-state index in [1.807, 2.05) is 32.0 Å². The number of hydrogen-bond donors (Lipinski definition) is 3. The van der Waals surface area contributed by atoms with Crippen molar-refractivity contribution >= 4 is 40.1 Å². The summed E-state index contributed by atoms with van der Waals surface area (Å²) in [6, 6.07) is 12.9. The number of carbonyl (C=O) groups excluding carboxylic acids is 1. The first-order valence-corrected chi connectivity index (χ1v) is 13.1. The minimum atomic E-state index is -0.349. The molecule has 0 bridgehead atoms. The van der Waals surface area contributed by atoms with Gasteiger partial charge in [-0.15, -0.1) is 0 Å². The van der Waals surface area contributed by atoms with Crippen molar-refractivity contribution in [3.8, 4) is 11.4 Å². The zero-order valence-electron chi connectivity index (χ0n) is 22.8. The Morgan fingerprint density at radius 3 is 2.65 bits per heavy atom. The Morgan fingerprint density at radius 1 is 1.12 bits per heavy atom. The van der Waals surface area contributed by atoms with Crippen LogP contribution in [0.15, 0.2) is 66.1 Å². The maximum atomic E-state index is 13.7. The molecule has 40 heavy (non-hydrogen) atoms. The van der Waals surface area contributed by atoms with E-state index in [-0.39, 0.29) is 23.3 Å². The van der Waals surface area contributed by atoms with Crippen molar-refractivity contribution in [1.82, 2.24) is 24.8 Å². The lowest BCUT2D eigenvalue weighted by atomic mass is 10.1. The lowest BCUT2D eigenvalue weighted by Crippen LogP contribution is -2.43. The quantitative estimate of drug-likeness (QED) is 0.288. The van der Waals surface area contributed by atoms with Gasteiger partial charge in [0.05, 0.1) is 24.7 Å². The number of amides is 1. The van der Waals surface area contributed by atoms with Crippen molar-refractivity contribution in [2.45, 2.75) is 19.8 Å². The standard InChI is InChI=1S/C29H32N8O3/c1-5-25(38)32-19-7-6-8-21(15-19)37-27-23(33-26(18(2)3)28(37)39)17-31-29(35-27)34-22-10-9-20(16-24(22)40-4)36-13-11-30-12-14-36/h5-10,15-18,30H,1,11-14H2,2-4H3,(H,32,38)(H,31,34,35). The molecule has 0 spiro atoms. The molecule has 5 rings (SSSR count). The van der Waals surface area contributed by atoms with Crippen molar-refractivity contribution in [3.63, 3.8) is 0 Å². The summed E-state index contributed by atoms with van der Waals surface area (Å²) < 4.78 is 7.17. The van der Waals surface area contributed by atoms with Crippen LogP contribution in [0, 0.1) is 0 Å². The molecule has 0 saturated carbocycles. The molecular formula is C29H32N8O3. The van der Waals surface area contributed by atoms with E-state index >= 15 is 0 Å². The largest absolute Gasteiger partial charge is 0.494 e. The average Bonchev–Trinajstić information content (AvgIpc) is 2.97. The van der Waals surface area contributed by atoms with Gasteiger partial charge in [-0.3, -0.25) is 14.2 Å². The fraction of sp³-hybridized carbons (Fsp3) is 0.276. The van der Waals surface area contributed by atoms with Crippen LogP contribution in [0.25, 0.3) is 16.9 Å². The van der Waals surface area contributed by atoms with Crippen LogP contribution in [0.5, 0.6) is 5.75 Å². The number of aromatic nitrogens is 4. The van der Waals surface area contributed by atoms with Gasteiger partial charge < -0.3 is 25.6 Å². The molecule has 1 aliphatic rings. The number of anilines is 4. The number of piperazine rings is 1. The van der Waals surface area contributed by atoms with Gasteiger partial charge in [0.25, 0.3) is 5.56 Å². The number of carbonyl (C=O) groups is 1. The summed E-state index contributed by atoms with van der Waals surface area (Å²) in [5.74, 6) is 0.459. The molecule has 11 heteroatoms. The minimum Gasteiger partial charge on any atom is -0.494 e. The third-order valence-electron chi connectivity index (χ3n) is 6.64. The van der Waals surface area contributed by atoms with Crippen LogP contribution in [0.3, 0.4) is 0 Å². The zero-order chi connectivity index (χ0) is 28.2. The monoisotopic (exact) mass is 540 g/mol. The Bertz CT molecular complexity index is 1630. The van der Waals surface area contributed by atoms with E-state index in [0.29, 0.717) is 39.7 Å². The normalized spacial score (nSPS) is 13.3. The minimum absolute atomic E-state index is 0.122.